The topological polar surface area (TPSA) is 104 Å². The standard InChI is InChI=1S/C18H18FN5O3/c19-12-3-1-11(2-4-12)15(18(27)23-7-5-13(25)6-8-23)24-10-20-16-14(17(24)26)9-21-22-16/h1-4,9-10,13,15,25H,5-8H2,(H,21,22). The van der Waals surface area contributed by atoms with Crippen molar-refractivity contribution in [2.45, 2.75) is 25.0 Å². The van der Waals surface area contributed by atoms with E-state index < -0.39 is 23.5 Å². The van der Waals surface area contributed by atoms with Gasteiger partial charge in [-0.3, -0.25) is 19.3 Å². The molecular weight excluding hydrogens is 353 g/mol. The van der Waals surface area contributed by atoms with Gasteiger partial charge in [0, 0.05) is 13.1 Å². The van der Waals surface area contributed by atoms with Crippen molar-refractivity contribution in [2.75, 3.05) is 13.1 Å². The molecule has 1 saturated heterocycles. The van der Waals surface area contributed by atoms with Crippen LogP contribution >= 0.6 is 0 Å². The number of piperidine rings is 1. The zero-order valence-electron chi connectivity index (χ0n) is 14.4. The zero-order valence-corrected chi connectivity index (χ0v) is 14.4. The van der Waals surface area contributed by atoms with Crippen molar-refractivity contribution in [1.29, 1.82) is 0 Å². The second kappa shape index (κ2) is 6.92. The average molecular weight is 371 g/mol. The number of rotatable bonds is 3. The van der Waals surface area contributed by atoms with E-state index in [2.05, 4.69) is 15.2 Å². The number of carbonyl (C=O) groups excluding carboxylic acids is 1. The highest BCUT2D eigenvalue weighted by molar-refractivity contribution is 5.84. The summed E-state index contributed by atoms with van der Waals surface area (Å²) >= 11 is 0. The number of hydrogen-bond acceptors (Lipinski definition) is 5. The van der Waals surface area contributed by atoms with E-state index in [1.165, 1.54) is 41.4 Å². The Kier molecular flexibility index (Phi) is 4.44. The molecular formula is C18H18FN5O3. The van der Waals surface area contributed by atoms with Crippen LogP contribution in [0.25, 0.3) is 11.0 Å². The maximum atomic E-state index is 13.4. The van der Waals surface area contributed by atoms with Gasteiger partial charge in [0.05, 0.1) is 12.3 Å². The van der Waals surface area contributed by atoms with E-state index in [0.717, 1.165) is 0 Å². The highest BCUT2D eigenvalue weighted by atomic mass is 19.1. The minimum atomic E-state index is -0.972. The van der Waals surface area contributed by atoms with E-state index >= 15 is 0 Å². The molecule has 0 saturated carbocycles. The third-order valence-electron chi connectivity index (χ3n) is 4.87. The largest absolute Gasteiger partial charge is 0.393 e. The molecule has 2 aromatic heterocycles. The van der Waals surface area contributed by atoms with E-state index in [1.54, 1.807) is 4.90 Å². The van der Waals surface area contributed by atoms with Crippen LogP contribution in [0.15, 0.2) is 41.6 Å². The lowest BCUT2D eigenvalue weighted by molar-refractivity contribution is -0.135. The number of carbonyl (C=O) groups is 1. The highest BCUT2D eigenvalue weighted by Crippen LogP contribution is 2.23. The molecule has 3 aromatic rings. The number of aromatic nitrogens is 4. The molecule has 1 aromatic carbocycles. The molecule has 140 valence electrons. The minimum Gasteiger partial charge on any atom is -0.393 e. The number of hydrogen-bond donors (Lipinski definition) is 2. The van der Waals surface area contributed by atoms with Crippen molar-refractivity contribution in [2.24, 2.45) is 0 Å². The van der Waals surface area contributed by atoms with Crippen LogP contribution in [0.1, 0.15) is 24.4 Å². The Bertz CT molecular complexity index is 1020. The normalized spacial score (nSPS) is 16.6. The molecule has 1 aliphatic rings. The van der Waals surface area contributed by atoms with Gasteiger partial charge in [0.25, 0.3) is 5.56 Å². The number of likely N-dealkylation sites (tertiary alicyclic amines) is 1. The third-order valence-corrected chi connectivity index (χ3v) is 4.87. The van der Waals surface area contributed by atoms with E-state index in [4.69, 9.17) is 0 Å². The van der Waals surface area contributed by atoms with Crippen molar-refractivity contribution >= 4 is 16.9 Å². The van der Waals surface area contributed by atoms with Gasteiger partial charge in [-0.2, -0.15) is 5.10 Å². The summed E-state index contributed by atoms with van der Waals surface area (Å²) in [6.45, 7) is 0.793. The molecule has 0 bridgehead atoms. The van der Waals surface area contributed by atoms with Crippen molar-refractivity contribution in [3.05, 3.63) is 58.5 Å². The summed E-state index contributed by atoms with van der Waals surface area (Å²) in [5.41, 5.74) is 0.412. The van der Waals surface area contributed by atoms with Gasteiger partial charge < -0.3 is 10.0 Å². The van der Waals surface area contributed by atoms with Gasteiger partial charge in [0.2, 0.25) is 5.91 Å². The molecule has 0 spiro atoms. The quantitative estimate of drug-likeness (QED) is 0.710. The fraction of sp³-hybridized carbons (Fsp3) is 0.333. The second-order valence-electron chi connectivity index (χ2n) is 6.60. The lowest BCUT2D eigenvalue weighted by Gasteiger charge is -2.33. The molecule has 0 radical (unpaired) electrons. The monoisotopic (exact) mass is 371 g/mol. The second-order valence-corrected chi connectivity index (χ2v) is 6.60. The van der Waals surface area contributed by atoms with Crippen LogP contribution in [-0.2, 0) is 4.79 Å². The van der Waals surface area contributed by atoms with E-state index in [0.29, 0.717) is 37.1 Å². The lowest BCUT2D eigenvalue weighted by Crippen LogP contribution is -2.45. The zero-order chi connectivity index (χ0) is 19.0. The average Bonchev–Trinajstić information content (AvgIpc) is 3.15. The third kappa shape index (κ3) is 3.21. The van der Waals surface area contributed by atoms with Crippen LogP contribution in [0.5, 0.6) is 0 Å². The van der Waals surface area contributed by atoms with E-state index in [-0.39, 0.29) is 11.3 Å². The highest BCUT2D eigenvalue weighted by Gasteiger charge is 2.31. The van der Waals surface area contributed by atoms with Crippen LogP contribution in [-0.4, -0.2) is 54.9 Å². The molecule has 27 heavy (non-hydrogen) atoms. The van der Waals surface area contributed by atoms with E-state index in [1.807, 2.05) is 0 Å². The summed E-state index contributed by atoms with van der Waals surface area (Å²) < 4.78 is 14.6. The fourth-order valence-electron chi connectivity index (χ4n) is 3.36. The number of aromatic amines is 1. The number of amides is 1. The number of benzene rings is 1. The van der Waals surface area contributed by atoms with E-state index in [9.17, 15) is 19.1 Å². The van der Waals surface area contributed by atoms with Gasteiger partial charge in [-0.05, 0) is 30.5 Å². The first kappa shape index (κ1) is 17.3. The van der Waals surface area contributed by atoms with Crippen LogP contribution in [0.3, 0.4) is 0 Å². The number of H-pyrrole nitrogens is 1. The summed E-state index contributed by atoms with van der Waals surface area (Å²) in [6, 6.07) is 4.51. The Morgan fingerprint density at radius 3 is 2.67 bits per heavy atom. The molecule has 1 atom stereocenters. The lowest BCUT2D eigenvalue weighted by atomic mass is 10.0. The molecule has 1 aliphatic heterocycles. The molecule has 4 rings (SSSR count). The smallest absolute Gasteiger partial charge is 0.265 e. The van der Waals surface area contributed by atoms with Crippen LogP contribution in [0, 0.1) is 5.82 Å². The number of nitrogens with one attached hydrogen (secondary N) is 1. The summed E-state index contributed by atoms with van der Waals surface area (Å²) in [5, 5.41) is 16.4. The number of aliphatic hydroxyl groups is 1. The molecule has 8 nitrogen and oxygen atoms in total. The van der Waals surface area contributed by atoms with Gasteiger partial charge >= 0.3 is 0 Å². The predicted molar refractivity (Wildman–Crippen MR) is 94.5 cm³/mol. The number of fused-ring (bicyclic) bond motifs is 1. The summed E-state index contributed by atoms with van der Waals surface area (Å²) in [7, 11) is 0. The van der Waals surface area contributed by atoms with Crippen LogP contribution < -0.4 is 5.56 Å². The number of aliphatic hydroxyl groups excluding tert-OH is 1. The van der Waals surface area contributed by atoms with Crippen molar-refractivity contribution < 1.29 is 14.3 Å². The van der Waals surface area contributed by atoms with Gasteiger partial charge in [0.1, 0.15) is 23.6 Å². The van der Waals surface area contributed by atoms with Crippen molar-refractivity contribution in [3.63, 3.8) is 0 Å². The van der Waals surface area contributed by atoms with Gasteiger partial charge in [0.15, 0.2) is 5.65 Å². The van der Waals surface area contributed by atoms with Gasteiger partial charge in [-0.15, -0.1) is 0 Å². The number of halogens is 1. The summed E-state index contributed by atoms with van der Waals surface area (Å²) in [6.07, 6.45) is 3.20. The first-order chi connectivity index (χ1) is 13.0. The molecule has 2 N–H and O–H groups in total. The predicted octanol–water partition coefficient (Wildman–Crippen LogP) is 0.831. The van der Waals surface area contributed by atoms with Crippen LogP contribution in [0.2, 0.25) is 0 Å². The van der Waals surface area contributed by atoms with Crippen molar-refractivity contribution in [3.8, 4) is 0 Å². The maximum absolute atomic E-state index is 13.4. The Hall–Kier alpha value is -3.07. The molecule has 1 amide bonds. The summed E-state index contributed by atoms with van der Waals surface area (Å²) in [5.74, 6) is -0.720. The fourth-order valence-corrected chi connectivity index (χ4v) is 3.36. The Labute approximate surface area is 153 Å². The molecule has 1 fully saturated rings. The maximum Gasteiger partial charge on any atom is 0.265 e. The SMILES string of the molecule is O=C(C(c1ccc(F)cc1)n1cnc2[nH]ncc2c1=O)N1CCC(O)CC1. The Morgan fingerprint density at radius 1 is 1.26 bits per heavy atom. The molecule has 9 heteroatoms. The molecule has 1 unspecified atom stereocenters. The minimum absolute atomic E-state index is 0.270. The Balaban J connectivity index is 1.80. The van der Waals surface area contributed by atoms with Crippen LogP contribution in [0.4, 0.5) is 4.39 Å². The van der Waals surface area contributed by atoms with Gasteiger partial charge in [-0.25, -0.2) is 9.37 Å². The number of nitrogens with zero attached hydrogens (tertiary/aromatic N) is 4. The first-order valence-electron chi connectivity index (χ1n) is 8.67. The summed E-state index contributed by atoms with van der Waals surface area (Å²) in [4.78, 5) is 31.9. The molecule has 0 aliphatic carbocycles. The Morgan fingerprint density at radius 2 is 1.96 bits per heavy atom. The van der Waals surface area contributed by atoms with Crippen molar-refractivity contribution in [1.82, 2.24) is 24.6 Å². The molecule has 3 heterocycles. The first-order valence-corrected chi connectivity index (χ1v) is 8.67. The van der Waals surface area contributed by atoms with Gasteiger partial charge in [-0.1, -0.05) is 12.1 Å².